The second-order valence-corrected chi connectivity index (χ2v) is 6.74. The van der Waals surface area contributed by atoms with Crippen molar-refractivity contribution in [3.05, 3.63) is 54.1 Å². The van der Waals surface area contributed by atoms with Crippen LogP contribution in [0, 0.1) is 12.8 Å². The largest absolute Gasteiger partial charge is 0.463 e. The minimum absolute atomic E-state index is 0.0995. The first kappa shape index (κ1) is 17.3. The number of carbonyl (C=O) groups is 1. The SMILES string of the molecule is CCOc1nc(-c2ccc(C)cc2)n(-c2ccc(NC(=O)C3CC3)cc2)n1. The molecule has 1 aliphatic carbocycles. The molecule has 6 heteroatoms. The summed E-state index contributed by atoms with van der Waals surface area (Å²) in [5, 5.41) is 7.45. The molecule has 4 rings (SSSR count). The Morgan fingerprint density at radius 3 is 2.48 bits per heavy atom. The first-order chi connectivity index (χ1) is 13.1. The minimum Gasteiger partial charge on any atom is -0.463 e. The van der Waals surface area contributed by atoms with Gasteiger partial charge in [-0.2, -0.15) is 4.98 Å². The molecule has 3 aromatic rings. The van der Waals surface area contributed by atoms with E-state index in [2.05, 4.69) is 22.3 Å². The lowest BCUT2D eigenvalue weighted by atomic mass is 10.1. The smallest absolute Gasteiger partial charge is 0.336 e. The van der Waals surface area contributed by atoms with E-state index in [0.29, 0.717) is 18.4 Å². The quantitative estimate of drug-likeness (QED) is 0.720. The third-order valence-corrected chi connectivity index (χ3v) is 4.50. The van der Waals surface area contributed by atoms with Crippen LogP contribution >= 0.6 is 0 Å². The van der Waals surface area contributed by atoms with Gasteiger partial charge in [0.2, 0.25) is 5.91 Å². The number of carbonyl (C=O) groups excluding carboxylic acids is 1. The Bertz CT molecular complexity index is 941. The van der Waals surface area contributed by atoms with Crippen molar-refractivity contribution in [2.75, 3.05) is 11.9 Å². The van der Waals surface area contributed by atoms with E-state index in [0.717, 1.165) is 29.8 Å². The van der Waals surface area contributed by atoms with Crippen molar-refractivity contribution in [1.29, 1.82) is 0 Å². The number of aryl methyl sites for hydroxylation is 1. The van der Waals surface area contributed by atoms with Gasteiger partial charge in [-0.25, -0.2) is 4.68 Å². The van der Waals surface area contributed by atoms with E-state index in [1.54, 1.807) is 4.68 Å². The van der Waals surface area contributed by atoms with Gasteiger partial charge in [-0.3, -0.25) is 4.79 Å². The molecule has 1 aromatic heterocycles. The van der Waals surface area contributed by atoms with E-state index >= 15 is 0 Å². The average Bonchev–Trinajstić information content (AvgIpc) is 3.45. The maximum absolute atomic E-state index is 11.9. The van der Waals surface area contributed by atoms with Crippen molar-refractivity contribution in [1.82, 2.24) is 14.8 Å². The lowest BCUT2D eigenvalue weighted by Gasteiger charge is -2.08. The van der Waals surface area contributed by atoms with Crippen LogP contribution in [0.15, 0.2) is 48.5 Å². The Hall–Kier alpha value is -3.15. The Balaban J connectivity index is 1.65. The fourth-order valence-corrected chi connectivity index (χ4v) is 2.83. The zero-order valence-electron chi connectivity index (χ0n) is 15.5. The Morgan fingerprint density at radius 1 is 1.15 bits per heavy atom. The standard InChI is InChI=1S/C21H22N4O2/c1-3-27-21-23-19(15-6-4-14(2)5-7-15)25(24-21)18-12-10-17(11-13-18)22-20(26)16-8-9-16/h4-7,10-13,16H,3,8-9H2,1-2H3,(H,22,26). The molecule has 1 fully saturated rings. The minimum atomic E-state index is 0.0995. The molecule has 0 bridgehead atoms. The summed E-state index contributed by atoms with van der Waals surface area (Å²) >= 11 is 0. The van der Waals surface area contributed by atoms with Gasteiger partial charge >= 0.3 is 6.01 Å². The van der Waals surface area contributed by atoms with Gasteiger partial charge in [-0.15, -0.1) is 5.10 Å². The molecule has 0 saturated heterocycles. The lowest BCUT2D eigenvalue weighted by Crippen LogP contribution is -2.13. The van der Waals surface area contributed by atoms with Crippen LogP contribution in [0.1, 0.15) is 25.3 Å². The van der Waals surface area contributed by atoms with Crippen LogP contribution in [0.4, 0.5) is 5.69 Å². The predicted molar refractivity (Wildman–Crippen MR) is 104 cm³/mol. The summed E-state index contributed by atoms with van der Waals surface area (Å²) in [6, 6.07) is 16.1. The maximum atomic E-state index is 11.9. The highest BCUT2D eigenvalue weighted by Gasteiger charge is 2.29. The van der Waals surface area contributed by atoms with E-state index in [1.165, 1.54) is 5.56 Å². The molecule has 0 spiro atoms. The van der Waals surface area contributed by atoms with Crippen molar-refractivity contribution < 1.29 is 9.53 Å². The third-order valence-electron chi connectivity index (χ3n) is 4.50. The summed E-state index contributed by atoms with van der Waals surface area (Å²) in [5.74, 6) is 0.998. The van der Waals surface area contributed by atoms with Crippen LogP contribution in [0.25, 0.3) is 17.1 Å². The molecule has 0 aliphatic heterocycles. The number of hydrogen-bond acceptors (Lipinski definition) is 4. The van der Waals surface area contributed by atoms with Crippen molar-refractivity contribution in [2.24, 2.45) is 5.92 Å². The van der Waals surface area contributed by atoms with Gasteiger partial charge in [-0.05, 0) is 51.0 Å². The van der Waals surface area contributed by atoms with Crippen molar-refractivity contribution in [2.45, 2.75) is 26.7 Å². The number of aromatic nitrogens is 3. The van der Waals surface area contributed by atoms with E-state index in [-0.39, 0.29) is 11.8 Å². The molecular weight excluding hydrogens is 340 g/mol. The van der Waals surface area contributed by atoms with Gasteiger partial charge < -0.3 is 10.1 Å². The predicted octanol–water partition coefficient (Wildman–Crippen LogP) is 3.99. The Labute approximate surface area is 158 Å². The molecule has 1 N–H and O–H groups in total. The van der Waals surface area contributed by atoms with E-state index < -0.39 is 0 Å². The number of nitrogens with one attached hydrogen (secondary N) is 1. The number of anilines is 1. The van der Waals surface area contributed by atoms with Crippen LogP contribution in [-0.2, 0) is 4.79 Å². The highest BCUT2D eigenvalue weighted by molar-refractivity contribution is 5.94. The summed E-state index contributed by atoms with van der Waals surface area (Å²) in [6.07, 6.45) is 1.98. The number of amides is 1. The monoisotopic (exact) mass is 362 g/mol. The highest BCUT2D eigenvalue weighted by Crippen LogP contribution is 2.30. The molecule has 0 atom stereocenters. The molecule has 1 heterocycles. The molecule has 1 aliphatic rings. The molecule has 0 unspecified atom stereocenters. The van der Waals surface area contributed by atoms with Crippen molar-refractivity contribution in [3.8, 4) is 23.1 Å². The van der Waals surface area contributed by atoms with Crippen LogP contribution in [0.5, 0.6) is 6.01 Å². The number of ether oxygens (including phenoxy) is 1. The summed E-state index contributed by atoms with van der Waals surface area (Å²) in [6.45, 7) is 4.46. The summed E-state index contributed by atoms with van der Waals surface area (Å²) in [4.78, 5) is 16.5. The second kappa shape index (κ2) is 7.23. The molecule has 2 aromatic carbocycles. The van der Waals surface area contributed by atoms with E-state index in [4.69, 9.17) is 4.74 Å². The summed E-state index contributed by atoms with van der Waals surface area (Å²) < 4.78 is 7.27. The van der Waals surface area contributed by atoms with Crippen LogP contribution in [-0.4, -0.2) is 27.3 Å². The summed E-state index contributed by atoms with van der Waals surface area (Å²) in [7, 11) is 0. The van der Waals surface area contributed by atoms with Gasteiger partial charge in [0.05, 0.1) is 12.3 Å². The first-order valence-electron chi connectivity index (χ1n) is 9.22. The molecule has 1 amide bonds. The van der Waals surface area contributed by atoms with Crippen LogP contribution < -0.4 is 10.1 Å². The number of benzene rings is 2. The first-order valence-corrected chi connectivity index (χ1v) is 9.22. The highest BCUT2D eigenvalue weighted by atomic mass is 16.5. The number of hydrogen-bond donors (Lipinski definition) is 1. The maximum Gasteiger partial charge on any atom is 0.336 e. The van der Waals surface area contributed by atoms with E-state index in [9.17, 15) is 4.79 Å². The van der Waals surface area contributed by atoms with Crippen LogP contribution in [0.3, 0.4) is 0 Å². The molecule has 0 radical (unpaired) electrons. The number of nitrogens with zero attached hydrogens (tertiary/aromatic N) is 3. The van der Waals surface area contributed by atoms with Gasteiger partial charge in [0.15, 0.2) is 5.82 Å². The lowest BCUT2D eigenvalue weighted by molar-refractivity contribution is -0.117. The van der Waals surface area contributed by atoms with Crippen molar-refractivity contribution >= 4 is 11.6 Å². The van der Waals surface area contributed by atoms with E-state index in [1.807, 2.05) is 55.5 Å². The molecule has 6 nitrogen and oxygen atoms in total. The topological polar surface area (TPSA) is 69.0 Å². The third kappa shape index (κ3) is 3.84. The van der Waals surface area contributed by atoms with Crippen molar-refractivity contribution in [3.63, 3.8) is 0 Å². The van der Waals surface area contributed by atoms with Gasteiger partial charge in [-0.1, -0.05) is 29.8 Å². The fourth-order valence-electron chi connectivity index (χ4n) is 2.83. The molecule has 1 saturated carbocycles. The Morgan fingerprint density at radius 2 is 1.85 bits per heavy atom. The number of rotatable bonds is 6. The molecule has 27 heavy (non-hydrogen) atoms. The van der Waals surface area contributed by atoms with Gasteiger partial charge in [0, 0.05) is 17.2 Å². The van der Waals surface area contributed by atoms with Gasteiger partial charge in [0.25, 0.3) is 0 Å². The fraction of sp³-hybridized carbons (Fsp3) is 0.286. The zero-order valence-corrected chi connectivity index (χ0v) is 15.5. The average molecular weight is 362 g/mol. The Kier molecular flexibility index (Phi) is 4.62. The normalized spacial score (nSPS) is 13.4. The molecular formula is C21H22N4O2. The second-order valence-electron chi connectivity index (χ2n) is 6.74. The zero-order chi connectivity index (χ0) is 18.8. The van der Waals surface area contributed by atoms with Crippen LogP contribution in [0.2, 0.25) is 0 Å². The molecule has 138 valence electrons. The summed E-state index contributed by atoms with van der Waals surface area (Å²) in [5.41, 5.74) is 3.79. The van der Waals surface area contributed by atoms with Gasteiger partial charge in [0.1, 0.15) is 0 Å².